The third kappa shape index (κ3) is 5.52. The maximum absolute atomic E-state index is 12.0. The molecule has 1 heterocycles. The van der Waals surface area contributed by atoms with Gasteiger partial charge in [-0.1, -0.05) is 20.8 Å². The van der Waals surface area contributed by atoms with Gasteiger partial charge in [-0.3, -0.25) is 4.79 Å². The molecule has 2 N–H and O–H groups in total. The van der Waals surface area contributed by atoms with Gasteiger partial charge in [0.2, 0.25) is 6.29 Å². The van der Waals surface area contributed by atoms with Crippen LogP contribution in [0.3, 0.4) is 0 Å². The van der Waals surface area contributed by atoms with E-state index in [4.69, 9.17) is 13.9 Å². The molecule has 7 heteroatoms. The number of aliphatic hydroxyl groups excluding tert-OH is 2. The zero-order valence-electron chi connectivity index (χ0n) is 16.3. The fourth-order valence-electron chi connectivity index (χ4n) is 1.93. The molecule has 0 spiro atoms. The lowest BCUT2D eigenvalue weighted by Crippen LogP contribution is -2.53. The van der Waals surface area contributed by atoms with Gasteiger partial charge in [-0.2, -0.15) is 0 Å². The van der Waals surface area contributed by atoms with Crippen molar-refractivity contribution < 1.29 is 28.9 Å². The third-order valence-electron chi connectivity index (χ3n) is 4.80. The van der Waals surface area contributed by atoms with E-state index in [1.165, 1.54) is 0 Å². The summed E-state index contributed by atoms with van der Waals surface area (Å²) in [5.41, 5.74) is -0.655. The van der Waals surface area contributed by atoms with E-state index in [1.54, 1.807) is 20.8 Å². The van der Waals surface area contributed by atoms with Gasteiger partial charge in [-0.05, 0) is 38.9 Å². The number of carbonyl (C=O) groups excluding carboxylic acids is 1. The van der Waals surface area contributed by atoms with Gasteiger partial charge < -0.3 is 24.1 Å². The molecule has 24 heavy (non-hydrogen) atoms. The molecule has 0 amide bonds. The summed E-state index contributed by atoms with van der Waals surface area (Å²) < 4.78 is 17.1. The predicted octanol–water partition coefficient (Wildman–Crippen LogP) is 2.43. The maximum atomic E-state index is 12.0. The molecular formula is C17H34O6Si. The second kappa shape index (κ2) is 7.41. The van der Waals surface area contributed by atoms with Crippen molar-refractivity contribution in [2.45, 2.75) is 90.7 Å². The molecule has 0 aromatic rings. The Hall–Kier alpha value is -0.473. The first kappa shape index (κ1) is 21.6. The Labute approximate surface area is 146 Å². The minimum atomic E-state index is -2.00. The Morgan fingerprint density at radius 2 is 1.71 bits per heavy atom. The van der Waals surface area contributed by atoms with Gasteiger partial charge in [0.1, 0.15) is 12.2 Å². The van der Waals surface area contributed by atoms with Crippen LogP contribution in [-0.2, 0) is 18.7 Å². The van der Waals surface area contributed by atoms with E-state index in [0.717, 1.165) is 0 Å². The van der Waals surface area contributed by atoms with Gasteiger partial charge in [-0.15, -0.1) is 0 Å². The summed E-state index contributed by atoms with van der Waals surface area (Å²) in [6, 6.07) is 0. The third-order valence-corrected chi connectivity index (χ3v) is 9.30. The van der Waals surface area contributed by atoms with Gasteiger partial charge in [0.15, 0.2) is 8.32 Å². The highest BCUT2D eigenvalue weighted by atomic mass is 28.4. The van der Waals surface area contributed by atoms with Crippen molar-refractivity contribution in [3.05, 3.63) is 0 Å². The first-order valence-electron chi connectivity index (χ1n) is 8.52. The van der Waals surface area contributed by atoms with E-state index < -0.39 is 44.3 Å². The topological polar surface area (TPSA) is 85.2 Å². The minimum absolute atomic E-state index is 0.0311. The molecule has 0 aliphatic carbocycles. The van der Waals surface area contributed by atoms with Crippen LogP contribution in [0.4, 0.5) is 0 Å². The molecule has 0 unspecified atom stereocenters. The number of hydrogen-bond acceptors (Lipinski definition) is 6. The number of rotatable bonds is 4. The van der Waals surface area contributed by atoms with Crippen molar-refractivity contribution in [3.63, 3.8) is 0 Å². The van der Waals surface area contributed by atoms with Crippen LogP contribution in [-0.4, -0.2) is 55.7 Å². The molecule has 0 saturated carbocycles. The number of ether oxygens (including phenoxy) is 2. The SMILES string of the molecule is CC(C)(C)C(=O)O[C@@H]1C[C@@H](O)[C@H](O)[C@@H](CO[Si](C)(C)C(C)(C)C)O1. The van der Waals surface area contributed by atoms with Crippen LogP contribution >= 0.6 is 0 Å². The fraction of sp³-hybridized carbons (Fsp3) is 0.941. The summed E-state index contributed by atoms with van der Waals surface area (Å²) >= 11 is 0. The van der Waals surface area contributed by atoms with Crippen LogP contribution in [0.15, 0.2) is 0 Å². The maximum Gasteiger partial charge on any atom is 0.313 e. The minimum Gasteiger partial charge on any atom is -0.435 e. The summed E-state index contributed by atoms with van der Waals surface area (Å²) in [4.78, 5) is 12.0. The molecule has 1 fully saturated rings. The van der Waals surface area contributed by atoms with Crippen molar-refractivity contribution in [2.75, 3.05) is 6.61 Å². The van der Waals surface area contributed by atoms with E-state index in [0.29, 0.717) is 0 Å². The lowest BCUT2D eigenvalue weighted by molar-refractivity contribution is -0.253. The van der Waals surface area contributed by atoms with Gasteiger partial charge in [0.05, 0.1) is 18.1 Å². The Kier molecular flexibility index (Phi) is 6.66. The van der Waals surface area contributed by atoms with Crippen molar-refractivity contribution in [1.29, 1.82) is 0 Å². The van der Waals surface area contributed by atoms with Crippen LogP contribution in [0.5, 0.6) is 0 Å². The number of carbonyl (C=O) groups is 1. The van der Waals surface area contributed by atoms with Crippen LogP contribution in [0.2, 0.25) is 18.1 Å². The zero-order valence-corrected chi connectivity index (χ0v) is 17.3. The molecule has 0 aromatic carbocycles. The molecule has 1 saturated heterocycles. The fourth-order valence-corrected chi connectivity index (χ4v) is 2.95. The predicted molar refractivity (Wildman–Crippen MR) is 94.0 cm³/mol. The molecule has 0 aromatic heterocycles. The van der Waals surface area contributed by atoms with Crippen LogP contribution in [0.1, 0.15) is 48.0 Å². The molecule has 0 radical (unpaired) electrons. The summed E-state index contributed by atoms with van der Waals surface area (Å²) in [5.74, 6) is -0.403. The summed E-state index contributed by atoms with van der Waals surface area (Å²) in [6.45, 7) is 16.0. The monoisotopic (exact) mass is 362 g/mol. The van der Waals surface area contributed by atoms with Crippen LogP contribution in [0.25, 0.3) is 0 Å². The lowest BCUT2D eigenvalue weighted by Gasteiger charge is -2.41. The smallest absolute Gasteiger partial charge is 0.313 e. The molecule has 6 nitrogen and oxygen atoms in total. The van der Waals surface area contributed by atoms with E-state index >= 15 is 0 Å². The van der Waals surface area contributed by atoms with Crippen molar-refractivity contribution >= 4 is 14.3 Å². The van der Waals surface area contributed by atoms with Crippen molar-refractivity contribution in [1.82, 2.24) is 0 Å². The molecule has 1 aliphatic heterocycles. The quantitative estimate of drug-likeness (QED) is 0.590. The summed E-state index contributed by atoms with van der Waals surface area (Å²) in [7, 11) is -2.00. The van der Waals surface area contributed by atoms with Crippen LogP contribution < -0.4 is 0 Å². The number of esters is 1. The van der Waals surface area contributed by atoms with Crippen molar-refractivity contribution in [2.24, 2.45) is 5.41 Å². The van der Waals surface area contributed by atoms with Gasteiger partial charge in [0.25, 0.3) is 0 Å². The van der Waals surface area contributed by atoms with E-state index in [-0.39, 0.29) is 18.1 Å². The van der Waals surface area contributed by atoms with E-state index in [9.17, 15) is 15.0 Å². The van der Waals surface area contributed by atoms with E-state index in [2.05, 4.69) is 33.9 Å². The van der Waals surface area contributed by atoms with Gasteiger partial charge in [0, 0.05) is 6.42 Å². The Morgan fingerprint density at radius 3 is 2.17 bits per heavy atom. The highest BCUT2D eigenvalue weighted by Crippen LogP contribution is 2.37. The zero-order chi connectivity index (χ0) is 18.9. The standard InChI is InChI=1S/C17H34O6Si/c1-16(2,3)15(20)23-13-9-11(18)14(19)12(22-13)10-21-24(7,8)17(4,5)6/h11-14,18-19H,9-10H2,1-8H3/t11-,12-,13-,14+/m1/s1. The Morgan fingerprint density at radius 1 is 1.17 bits per heavy atom. The molecule has 4 atom stereocenters. The van der Waals surface area contributed by atoms with Crippen LogP contribution in [0, 0.1) is 5.41 Å². The number of hydrogen-bond donors (Lipinski definition) is 2. The average molecular weight is 363 g/mol. The largest absolute Gasteiger partial charge is 0.435 e. The molecule has 0 bridgehead atoms. The normalized spacial score (nSPS) is 29.4. The van der Waals surface area contributed by atoms with Gasteiger partial charge in [-0.25, -0.2) is 0 Å². The summed E-state index contributed by atoms with van der Waals surface area (Å²) in [5, 5.41) is 20.3. The molecule has 1 rings (SSSR count). The van der Waals surface area contributed by atoms with Crippen molar-refractivity contribution in [3.8, 4) is 0 Å². The highest BCUT2D eigenvalue weighted by Gasteiger charge is 2.43. The lowest BCUT2D eigenvalue weighted by atomic mass is 9.97. The van der Waals surface area contributed by atoms with E-state index in [1.807, 2.05) is 0 Å². The van der Waals surface area contributed by atoms with Gasteiger partial charge >= 0.3 is 5.97 Å². The summed E-state index contributed by atoms with van der Waals surface area (Å²) in [6.07, 6.45) is -3.60. The first-order valence-corrected chi connectivity index (χ1v) is 11.4. The second-order valence-corrected chi connectivity index (χ2v) is 13.9. The average Bonchev–Trinajstić information content (AvgIpc) is 2.38. The molecule has 142 valence electrons. The Bertz CT molecular complexity index is 437. The molecular weight excluding hydrogens is 328 g/mol. The first-order chi connectivity index (χ1) is 10.6. The number of aliphatic hydroxyl groups is 2. The second-order valence-electron chi connectivity index (χ2n) is 9.12. The highest BCUT2D eigenvalue weighted by molar-refractivity contribution is 6.74. The Balaban J connectivity index is 2.71. The molecule has 1 aliphatic rings.